The maximum absolute atomic E-state index is 12.8. The van der Waals surface area contributed by atoms with E-state index in [0.717, 1.165) is 45.4 Å². The fourth-order valence-electron chi connectivity index (χ4n) is 6.82. The van der Waals surface area contributed by atoms with Crippen LogP contribution >= 0.6 is 11.8 Å². The summed E-state index contributed by atoms with van der Waals surface area (Å²) < 4.78 is 0. The number of thioether (sulfide) groups is 1. The van der Waals surface area contributed by atoms with E-state index in [2.05, 4.69) is 50.6 Å². The lowest BCUT2D eigenvalue weighted by Crippen LogP contribution is -2.67. The summed E-state index contributed by atoms with van der Waals surface area (Å²) in [5, 5.41) is 22.4. The van der Waals surface area contributed by atoms with E-state index in [1.807, 2.05) is 0 Å². The van der Waals surface area contributed by atoms with Crippen molar-refractivity contribution in [2.45, 2.75) is 99.9 Å². The highest BCUT2D eigenvalue weighted by Crippen LogP contribution is 2.28. The molecule has 9 unspecified atom stereocenters. The van der Waals surface area contributed by atoms with Gasteiger partial charge in [0.25, 0.3) is 0 Å². The van der Waals surface area contributed by atoms with Gasteiger partial charge < -0.3 is 16.0 Å². The molecule has 9 atom stereocenters. The third-order valence-electron chi connectivity index (χ3n) is 8.95. The van der Waals surface area contributed by atoms with Crippen LogP contribution < -0.4 is 31.9 Å². The summed E-state index contributed by atoms with van der Waals surface area (Å²) in [6.07, 6.45) is 8.67. The van der Waals surface area contributed by atoms with E-state index in [1.54, 1.807) is 11.8 Å². The summed E-state index contributed by atoms with van der Waals surface area (Å²) in [5.41, 5.74) is 0. The summed E-state index contributed by atoms with van der Waals surface area (Å²) in [4.78, 5) is 15.5. The van der Waals surface area contributed by atoms with E-state index >= 15 is 0 Å². The van der Waals surface area contributed by atoms with E-state index in [0.29, 0.717) is 35.3 Å². The lowest BCUT2D eigenvalue weighted by Gasteiger charge is -2.44. The third-order valence-corrected chi connectivity index (χ3v) is 10.2. The van der Waals surface area contributed by atoms with Crippen molar-refractivity contribution in [1.29, 1.82) is 0 Å². The number of rotatable bonds is 6. The normalized spacial score (nSPS) is 44.2. The molecule has 9 heteroatoms. The van der Waals surface area contributed by atoms with Crippen LogP contribution in [0.1, 0.15) is 58.8 Å². The van der Waals surface area contributed by atoms with Gasteiger partial charge in [0.2, 0.25) is 5.91 Å². The summed E-state index contributed by atoms with van der Waals surface area (Å²) in [6, 6.07) is 1.96. The standard InChI is InChI=1S/C25H47N7OS/c1-16-5-6-19(29-24(33)23-15-28-17(2)34-23)12-22(16)31-25-27-8-7-21(30-25)18-11-20(14-26-13-18)32-9-3-4-10-32/h16-23,25-28,30-31H,3-15H2,1-2H3,(H,29,33). The number of likely N-dealkylation sites (tertiary alicyclic amines) is 1. The fraction of sp³-hybridized carbons (Fsp3) is 0.960. The zero-order valence-corrected chi connectivity index (χ0v) is 22.0. The lowest BCUT2D eigenvalue weighted by atomic mass is 9.82. The number of carbonyl (C=O) groups is 1. The number of carbonyl (C=O) groups excluding carboxylic acids is 1. The highest BCUT2D eigenvalue weighted by Gasteiger charge is 2.37. The molecular formula is C25H47N7OS. The van der Waals surface area contributed by atoms with Crippen molar-refractivity contribution in [3.05, 3.63) is 0 Å². The quantitative estimate of drug-likeness (QED) is 0.321. The highest BCUT2D eigenvalue weighted by molar-refractivity contribution is 8.01. The van der Waals surface area contributed by atoms with Crippen LogP contribution in [-0.2, 0) is 4.79 Å². The predicted molar refractivity (Wildman–Crippen MR) is 140 cm³/mol. The van der Waals surface area contributed by atoms with Crippen molar-refractivity contribution in [3.63, 3.8) is 0 Å². The summed E-state index contributed by atoms with van der Waals surface area (Å²) in [5.74, 6) is 1.53. The van der Waals surface area contributed by atoms with Gasteiger partial charge in [-0.25, -0.2) is 0 Å². The Bertz CT molecular complexity index is 678. The van der Waals surface area contributed by atoms with Gasteiger partial charge in [-0.2, -0.15) is 0 Å². The molecule has 0 aromatic rings. The van der Waals surface area contributed by atoms with Crippen molar-refractivity contribution in [2.75, 3.05) is 39.3 Å². The second-order valence-electron chi connectivity index (χ2n) is 11.4. The Balaban J connectivity index is 1.11. The van der Waals surface area contributed by atoms with Gasteiger partial charge in [0.05, 0.1) is 10.6 Å². The van der Waals surface area contributed by atoms with Crippen LogP contribution in [0.4, 0.5) is 0 Å². The minimum absolute atomic E-state index is 0.0525. The van der Waals surface area contributed by atoms with Crippen molar-refractivity contribution >= 4 is 17.7 Å². The van der Waals surface area contributed by atoms with Gasteiger partial charge in [0.15, 0.2) is 0 Å². The minimum Gasteiger partial charge on any atom is -0.352 e. The Labute approximate surface area is 210 Å². The van der Waals surface area contributed by atoms with Gasteiger partial charge in [-0.05, 0) is 89.9 Å². The van der Waals surface area contributed by atoms with Crippen LogP contribution in [0.3, 0.4) is 0 Å². The van der Waals surface area contributed by atoms with Gasteiger partial charge in [-0.1, -0.05) is 6.92 Å². The third kappa shape index (κ3) is 6.28. The van der Waals surface area contributed by atoms with Gasteiger partial charge in [0, 0.05) is 37.3 Å². The topological polar surface area (TPSA) is 92.5 Å². The van der Waals surface area contributed by atoms with Gasteiger partial charge >= 0.3 is 0 Å². The van der Waals surface area contributed by atoms with Crippen LogP contribution in [0.2, 0.25) is 0 Å². The van der Waals surface area contributed by atoms with E-state index in [-0.39, 0.29) is 23.5 Å². The minimum atomic E-state index is 0.0525. The molecule has 4 heterocycles. The van der Waals surface area contributed by atoms with Crippen LogP contribution in [0, 0.1) is 11.8 Å². The van der Waals surface area contributed by atoms with E-state index in [9.17, 15) is 4.79 Å². The monoisotopic (exact) mass is 493 g/mol. The molecule has 0 radical (unpaired) electrons. The molecule has 34 heavy (non-hydrogen) atoms. The molecule has 194 valence electrons. The van der Waals surface area contributed by atoms with Gasteiger partial charge in [0.1, 0.15) is 6.29 Å². The highest BCUT2D eigenvalue weighted by atomic mass is 32.2. The zero-order valence-electron chi connectivity index (χ0n) is 21.2. The first kappa shape index (κ1) is 25.2. The molecule has 1 saturated carbocycles. The first-order chi connectivity index (χ1) is 16.5. The van der Waals surface area contributed by atoms with Gasteiger partial charge in [-0.3, -0.25) is 25.6 Å². The molecule has 8 nitrogen and oxygen atoms in total. The second kappa shape index (κ2) is 11.8. The number of piperidine rings is 1. The molecule has 5 fully saturated rings. The molecular weight excluding hydrogens is 446 g/mol. The SMILES string of the molecule is CC1NCC(C(=O)NC2CCC(C)C(NC3NCCC(C4CNCC(N5CCCC5)C4)N3)C2)S1. The fourth-order valence-corrected chi connectivity index (χ4v) is 7.89. The Morgan fingerprint density at radius 2 is 1.85 bits per heavy atom. The smallest absolute Gasteiger partial charge is 0.234 e. The Kier molecular flexibility index (Phi) is 8.72. The van der Waals surface area contributed by atoms with E-state index in [4.69, 9.17) is 0 Å². The summed E-state index contributed by atoms with van der Waals surface area (Å²) in [7, 11) is 0. The zero-order chi connectivity index (χ0) is 23.5. The molecule has 0 aromatic heterocycles. The Morgan fingerprint density at radius 1 is 1.00 bits per heavy atom. The molecule has 0 aromatic carbocycles. The lowest BCUT2D eigenvalue weighted by molar-refractivity contribution is -0.121. The van der Waals surface area contributed by atoms with Crippen molar-refractivity contribution in [3.8, 4) is 0 Å². The summed E-state index contributed by atoms with van der Waals surface area (Å²) in [6.45, 7) is 11.2. The number of hydrogen-bond acceptors (Lipinski definition) is 8. The molecule has 1 aliphatic carbocycles. The van der Waals surface area contributed by atoms with E-state index in [1.165, 1.54) is 38.8 Å². The number of nitrogens with zero attached hydrogens (tertiary/aromatic N) is 1. The number of amides is 1. The van der Waals surface area contributed by atoms with Crippen molar-refractivity contribution in [2.24, 2.45) is 11.8 Å². The van der Waals surface area contributed by atoms with Crippen molar-refractivity contribution < 1.29 is 4.79 Å². The van der Waals surface area contributed by atoms with Crippen LogP contribution in [0.5, 0.6) is 0 Å². The average Bonchev–Trinajstić information content (AvgIpc) is 3.54. The average molecular weight is 494 g/mol. The molecule has 5 rings (SSSR count). The number of nitrogens with one attached hydrogen (secondary N) is 6. The summed E-state index contributed by atoms with van der Waals surface area (Å²) >= 11 is 1.75. The second-order valence-corrected chi connectivity index (χ2v) is 13.0. The molecule has 0 bridgehead atoms. The molecule has 4 saturated heterocycles. The molecule has 4 aliphatic heterocycles. The molecule has 0 spiro atoms. The Morgan fingerprint density at radius 3 is 2.65 bits per heavy atom. The molecule has 5 aliphatic rings. The van der Waals surface area contributed by atoms with Crippen molar-refractivity contribution in [1.82, 2.24) is 36.8 Å². The van der Waals surface area contributed by atoms with Crippen LogP contribution in [0.25, 0.3) is 0 Å². The Hall–Kier alpha value is -0.420. The van der Waals surface area contributed by atoms with Gasteiger partial charge in [-0.15, -0.1) is 11.8 Å². The number of hydrogen-bond donors (Lipinski definition) is 6. The van der Waals surface area contributed by atoms with Crippen LogP contribution in [-0.4, -0.2) is 91.2 Å². The largest absolute Gasteiger partial charge is 0.352 e. The predicted octanol–water partition coefficient (Wildman–Crippen LogP) is 0.609. The molecule has 1 amide bonds. The first-order valence-electron chi connectivity index (χ1n) is 13.9. The van der Waals surface area contributed by atoms with E-state index < -0.39 is 0 Å². The first-order valence-corrected chi connectivity index (χ1v) is 14.9. The van der Waals surface area contributed by atoms with Crippen LogP contribution in [0.15, 0.2) is 0 Å². The maximum Gasteiger partial charge on any atom is 0.234 e. The maximum atomic E-state index is 12.8. The molecule has 6 N–H and O–H groups in total.